The van der Waals surface area contributed by atoms with E-state index in [0.717, 1.165) is 0 Å². The lowest BCUT2D eigenvalue weighted by Crippen LogP contribution is -2.43. The molecule has 0 aromatic carbocycles. The minimum Gasteiger partial charge on any atom is -0.475 e. The van der Waals surface area contributed by atoms with Crippen LogP contribution in [0.1, 0.15) is 30.2 Å². The second-order valence-electron chi connectivity index (χ2n) is 4.40. The molecule has 5 nitrogen and oxygen atoms in total. The molecule has 0 saturated carbocycles. The topological polar surface area (TPSA) is 73.9 Å². The normalized spacial score (nSPS) is 12.1. The van der Waals surface area contributed by atoms with Crippen LogP contribution in [0.25, 0.3) is 0 Å². The molecule has 1 aromatic heterocycles. The van der Waals surface area contributed by atoms with E-state index in [1.54, 1.807) is 6.07 Å². The number of aliphatic hydroxyl groups excluding tert-OH is 1. The number of aliphatic hydroxyl groups is 1. The van der Waals surface area contributed by atoms with Crippen LogP contribution in [0.15, 0.2) is 16.5 Å². The number of hydrogen-bond acceptors (Lipinski definition) is 4. The highest BCUT2D eigenvalue weighted by atomic mass is 16.4. The van der Waals surface area contributed by atoms with Crippen LogP contribution in [0.5, 0.6) is 0 Å². The molecule has 0 bridgehead atoms. The van der Waals surface area contributed by atoms with Crippen molar-refractivity contribution in [2.24, 2.45) is 0 Å². The molecule has 90 valence electrons. The Morgan fingerprint density at radius 2 is 2.12 bits per heavy atom. The fraction of sp³-hybridized carbons (Fsp3) is 0.545. The van der Waals surface area contributed by atoms with Gasteiger partial charge in [0.05, 0.1) is 13.2 Å². The van der Waals surface area contributed by atoms with Gasteiger partial charge in [-0.2, -0.15) is 0 Å². The van der Waals surface area contributed by atoms with Gasteiger partial charge in [-0.15, -0.1) is 0 Å². The fourth-order valence-corrected chi connectivity index (χ4v) is 1.15. The smallest absolute Gasteiger partial charge is 0.371 e. The van der Waals surface area contributed by atoms with Crippen LogP contribution in [0.4, 0.5) is 0 Å². The van der Waals surface area contributed by atoms with Crippen LogP contribution < -0.4 is 0 Å². The third-order valence-corrected chi connectivity index (χ3v) is 2.69. The van der Waals surface area contributed by atoms with Crippen LogP contribution in [0, 0.1) is 0 Å². The van der Waals surface area contributed by atoms with Gasteiger partial charge in [0.15, 0.2) is 0 Å². The summed E-state index contributed by atoms with van der Waals surface area (Å²) >= 11 is 0. The Hall–Kier alpha value is -1.33. The van der Waals surface area contributed by atoms with Crippen molar-refractivity contribution in [3.05, 3.63) is 23.7 Å². The van der Waals surface area contributed by atoms with Crippen molar-refractivity contribution in [1.29, 1.82) is 0 Å². The van der Waals surface area contributed by atoms with E-state index in [9.17, 15) is 4.79 Å². The molecule has 0 fully saturated rings. The van der Waals surface area contributed by atoms with E-state index < -0.39 is 5.97 Å². The number of likely N-dealkylation sites (N-methyl/N-ethyl adjacent to an activating group) is 1. The van der Waals surface area contributed by atoms with E-state index in [2.05, 4.69) is 0 Å². The molecule has 0 unspecified atom stereocenters. The van der Waals surface area contributed by atoms with E-state index in [-0.39, 0.29) is 17.9 Å². The average molecular weight is 227 g/mol. The number of rotatable bonds is 5. The third-order valence-electron chi connectivity index (χ3n) is 2.69. The second-order valence-corrected chi connectivity index (χ2v) is 4.40. The molecule has 16 heavy (non-hydrogen) atoms. The highest BCUT2D eigenvalue weighted by molar-refractivity contribution is 5.84. The molecular formula is C11H17NO4. The molecule has 0 spiro atoms. The first kappa shape index (κ1) is 12.7. The Kier molecular flexibility index (Phi) is 3.72. The summed E-state index contributed by atoms with van der Waals surface area (Å²) in [7, 11) is 1.85. The predicted molar refractivity (Wildman–Crippen MR) is 58.3 cm³/mol. The zero-order valence-electron chi connectivity index (χ0n) is 9.73. The molecule has 1 rings (SSSR count). The number of carboxylic acids is 1. The van der Waals surface area contributed by atoms with Crippen LogP contribution >= 0.6 is 0 Å². The lowest BCUT2D eigenvalue weighted by Gasteiger charge is -2.33. The van der Waals surface area contributed by atoms with Gasteiger partial charge in [-0.05, 0) is 33.0 Å². The molecule has 1 heterocycles. The van der Waals surface area contributed by atoms with Gasteiger partial charge in [0.1, 0.15) is 5.76 Å². The summed E-state index contributed by atoms with van der Waals surface area (Å²) in [4.78, 5) is 12.5. The summed E-state index contributed by atoms with van der Waals surface area (Å²) in [5.41, 5.74) is -0.365. The Morgan fingerprint density at radius 3 is 2.56 bits per heavy atom. The van der Waals surface area contributed by atoms with Gasteiger partial charge < -0.3 is 14.6 Å². The van der Waals surface area contributed by atoms with Crippen LogP contribution in [0.2, 0.25) is 0 Å². The van der Waals surface area contributed by atoms with Crippen LogP contribution in [0.3, 0.4) is 0 Å². The monoisotopic (exact) mass is 227 g/mol. The first-order valence-electron chi connectivity index (χ1n) is 5.01. The van der Waals surface area contributed by atoms with Gasteiger partial charge in [0.25, 0.3) is 0 Å². The lowest BCUT2D eigenvalue weighted by molar-refractivity contribution is 0.0619. The first-order chi connectivity index (χ1) is 7.36. The Balaban J connectivity index is 2.70. The van der Waals surface area contributed by atoms with Gasteiger partial charge in [-0.25, -0.2) is 4.79 Å². The first-order valence-corrected chi connectivity index (χ1v) is 5.01. The highest BCUT2D eigenvalue weighted by Gasteiger charge is 2.23. The summed E-state index contributed by atoms with van der Waals surface area (Å²) in [6, 6.07) is 3.06. The maximum Gasteiger partial charge on any atom is 0.371 e. The summed E-state index contributed by atoms with van der Waals surface area (Å²) in [5, 5.41) is 17.9. The zero-order chi connectivity index (χ0) is 12.3. The van der Waals surface area contributed by atoms with E-state index >= 15 is 0 Å². The van der Waals surface area contributed by atoms with Gasteiger partial charge in [-0.3, -0.25) is 4.90 Å². The van der Waals surface area contributed by atoms with Crippen molar-refractivity contribution in [2.45, 2.75) is 25.9 Å². The summed E-state index contributed by atoms with van der Waals surface area (Å²) in [5.74, 6) is -0.568. The lowest BCUT2D eigenvalue weighted by atomic mass is 10.1. The highest BCUT2D eigenvalue weighted by Crippen LogP contribution is 2.16. The molecule has 2 N–H and O–H groups in total. The van der Waals surface area contributed by atoms with E-state index in [1.807, 2.05) is 25.8 Å². The molecule has 0 saturated heterocycles. The third kappa shape index (κ3) is 2.84. The summed E-state index contributed by atoms with van der Waals surface area (Å²) in [6.07, 6.45) is 0. The van der Waals surface area contributed by atoms with E-state index in [1.165, 1.54) is 6.07 Å². The zero-order valence-corrected chi connectivity index (χ0v) is 9.73. The van der Waals surface area contributed by atoms with E-state index in [4.69, 9.17) is 14.6 Å². The molecule has 0 aliphatic carbocycles. The van der Waals surface area contributed by atoms with Gasteiger partial charge in [0, 0.05) is 5.54 Å². The van der Waals surface area contributed by atoms with Crippen molar-refractivity contribution < 1.29 is 19.4 Å². The van der Waals surface area contributed by atoms with Gasteiger partial charge in [0.2, 0.25) is 5.76 Å². The standard InChI is InChI=1S/C11H17NO4/c1-11(2,7-13)12(3)6-8-4-5-9(16-8)10(14)15/h4-5,13H,6-7H2,1-3H3,(H,14,15). The maximum atomic E-state index is 10.6. The predicted octanol–water partition coefficient (Wildman–Crippen LogP) is 1.18. The fourth-order valence-electron chi connectivity index (χ4n) is 1.15. The van der Waals surface area contributed by atoms with Crippen molar-refractivity contribution >= 4 is 5.97 Å². The Bertz CT molecular complexity index is 370. The SMILES string of the molecule is CN(Cc1ccc(C(=O)O)o1)C(C)(C)CO. The largest absolute Gasteiger partial charge is 0.475 e. The average Bonchev–Trinajstić information content (AvgIpc) is 2.66. The number of hydrogen-bond donors (Lipinski definition) is 2. The number of nitrogens with zero attached hydrogens (tertiary/aromatic N) is 1. The Labute approximate surface area is 94.3 Å². The van der Waals surface area contributed by atoms with Crippen molar-refractivity contribution in [3.8, 4) is 0 Å². The van der Waals surface area contributed by atoms with Gasteiger partial charge >= 0.3 is 5.97 Å². The van der Waals surface area contributed by atoms with Crippen molar-refractivity contribution in [1.82, 2.24) is 4.90 Å². The molecule has 0 atom stereocenters. The number of aromatic carboxylic acids is 1. The molecule has 1 aromatic rings. The minimum absolute atomic E-state index is 0.0238. The summed E-state index contributed by atoms with van der Waals surface area (Å²) in [6.45, 7) is 4.28. The molecule has 0 aliphatic heterocycles. The molecule has 5 heteroatoms. The number of carbonyl (C=O) groups is 1. The number of furan rings is 1. The van der Waals surface area contributed by atoms with Crippen LogP contribution in [-0.2, 0) is 6.54 Å². The molecule has 0 radical (unpaired) electrons. The van der Waals surface area contributed by atoms with Crippen LogP contribution in [-0.4, -0.2) is 40.3 Å². The van der Waals surface area contributed by atoms with E-state index in [0.29, 0.717) is 12.3 Å². The number of carboxylic acid groups (broad SMARTS) is 1. The van der Waals surface area contributed by atoms with Crippen molar-refractivity contribution in [2.75, 3.05) is 13.7 Å². The molecular weight excluding hydrogens is 210 g/mol. The molecule has 0 amide bonds. The quantitative estimate of drug-likeness (QED) is 0.790. The Morgan fingerprint density at radius 1 is 1.50 bits per heavy atom. The minimum atomic E-state index is -1.07. The maximum absolute atomic E-state index is 10.6. The summed E-state index contributed by atoms with van der Waals surface area (Å²) < 4.78 is 5.13. The van der Waals surface area contributed by atoms with Gasteiger partial charge in [-0.1, -0.05) is 0 Å². The van der Waals surface area contributed by atoms with Crippen molar-refractivity contribution in [3.63, 3.8) is 0 Å². The second kappa shape index (κ2) is 4.67. The molecule has 0 aliphatic rings.